The van der Waals surface area contributed by atoms with Crippen LogP contribution in [0.25, 0.3) is 22.1 Å². The Labute approximate surface area is 161 Å². The minimum Gasteiger partial charge on any atom is -0.458 e. The van der Waals surface area contributed by atoms with Gasteiger partial charge in [0.2, 0.25) is 5.91 Å². The number of rotatable bonds is 6. The van der Waals surface area contributed by atoms with Crippen molar-refractivity contribution in [3.8, 4) is 11.3 Å². The van der Waals surface area contributed by atoms with Gasteiger partial charge in [-0.1, -0.05) is 42.5 Å². The molecule has 0 saturated carbocycles. The van der Waals surface area contributed by atoms with Crippen molar-refractivity contribution in [1.82, 2.24) is 5.32 Å². The van der Waals surface area contributed by atoms with E-state index in [9.17, 15) is 9.90 Å². The quantitative estimate of drug-likeness (QED) is 0.518. The van der Waals surface area contributed by atoms with Crippen molar-refractivity contribution < 1.29 is 14.3 Å². The Bertz CT molecular complexity index is 1050. The lowest BCUT2D eigenvalue weighted by Crippen LogP contribution is -2.29. The molecule has 2 aromatic heterocycles. The van der Waals surface area contributed by atoms with Crippen molar-refractivity contribution in [1.29, 1.82) is 0 Å². The maximum Gasteiger partial charge on any atom is 0.224 e. The summed E-state index contributed by atoms with van der Waals surface area (Å²) >= 11 is 1.59. The van der Waals surface area contributed by atoms with Gasteiger partial charge in [0.15, 0.2) is 0 Å². The van der Waals surface area contributed by atoms with Gasteiger partial charge in [-0.3, -0.25) is 4.79 Å². The number of fused-ring (bicyclic) bond motifs is 1. The van der Waals surface area contributed by atoms with Crippen molar-refractivity contribution in [2.45, 2.75) is 12.5 Å². The van der Waals surface area contributed by atoms with Crippen LogP contribution in [0, 0.1) is 0 Å². The number of furan rings is 1. The first-order chi connectivity index (χ1) is 13.2. The summed E-state index contributed by atoms with van der Waals surface area (Å²) in [6, 6.07) is 19.5. The number of carbonyl (C=O) groups excluding carboxylic acids is 1. The average molecular weight is 377 g/mol. The topological polar surface area (TPSA) is 62.5 Å². The zero-order valence-electron chi connectivity index (χ0n) is 14.6. The van der Waals surface area contributed by atoms with E-state index >= 15 is 0 Å². The highest BCUT2D eigenvalue weighted by molar-refractivity contribution is 7.08. The van der Waals surface area contributed by atoms with Crippen molar-refractivity contribution >= 4 is 28.0 Å². The highest BCUT2D eigenvalue weighted by atomic mass is 32.1. The fraction of sp³-hybridized carbons (Fsp3) is 0.136. The van der Waals surface area contributed by atoms with Crippen LogP contribution in [0.5, 0.6) is 0 Å². The fourth-order valence-electron chi connectivity index (χ4n) is 3.08. The van der Waals surface area contributed by atoms with Crippen molar-refractivity contribution in [2.24, 2.45) is 0 Å². The summed E-state index contributed by atoms with van der Waals surface area (Å²) in [6.45, 7) is 0.111. The van der Waals surface area contributed by atoms with Gasteiger partial charge in [-0.2, -0.15) is 11.3 Å². The summed E-state index contributed by atoms with van der Waals surface area (Å²) in [5.74, 6) is 1.03. The molecule has 2 aromatic carbocycles. The van der Waals surface area contributed by atoms with E-state index in [1.807, 2.05) is 65.4 Å². The largest absolute Gasteiger partial charge is 0.458 e. The molecule has 1 atom stereocenters. The number of hydrogen-bond acceptors (Lipinski definition) is 4. The van der Waals surface area contributed by atoms with Crippen molar-refractivity contribution in [2.75, 3.05) is 6.54 Å². The van der Waals surface area contributed by atoms with E-state index < -0.39 is 6.10 Å². The summed E-state index contributed by atoms with van der Waals surface area (Å²) in [5.41, 5.74) is 1.95. The molecule has 4 nitrogen and oxygen atoms in total. The van der Waals surface area contributed by atoms with Gasteiger partial charge in [-0.15, -0.1) is 0 Å². The van der Waals surface area contributed by atoms with Crippen LogP contribution in [-0.4, -0.2) is 17.6 Å². The van der Waals surface area contributed by atoms with Crippen LogP contribution in [0.2, 0.25) is 0 Å². The Kier molecular flexibility index (Phi) is 5.05. The molecule has 4 rings (SSSR count). The van der Waals surface area contributed by atoms with Crippen LogP contribution in [0.3, 0.4) is 0 Å². The third-order valence-electron chi connectivity index (χ3n) is 4.48. The number of aliphatic hydroxyl groups is 1. The van der Waals surface area contributed by atoms with Gasteiger partial charge < -0.3 is 14.8 Å². The van der Waals surface area contributed by atoms with Gasteiger partial charge in [0, 0.05) is 10.9 Å². The number of hydrogen-bond donors (Lipinski definition) is 2. The number of benzene rings is 2. The van der Waals surface area contributed by atoms with Crippen molar-refractivity contribution in [3.63, 3.8) is 0 Å². The molecule has 0 saturated heterocycles. The molecule has 4 aromatic rings. The summed E-state index contributed by atoms with van der Waals surface area (Å²) in [7, 11) is 0. The molecule has 2 heterocycles. The van der Waals surface area contributed by atoms with Crippen molar-refractivity contribution in [3.05, 3.63) is 82.7 Å². The fourth-order valence-corrected chi connectivity index (χ4v) is 3.73. The number of nitrogens with one attached hydrogen (secondary N) is 1. The second-order valence-electron chi connectivity index (χ2n) is 6.35. The minimum absolute atomic E-state index is 0.111. The molecule has 2 N–H and O–H groups in total. The molecule has 0 aliphatic carbocycles. The van der Waals surface area contributed by atoms with E-state index in [0.29, 0.717) is 11.5 Å². The zero-order valence-corrected chi connectivity index (χ0v) is 15.4. The van der Waals surface area contributed by atoms with E-state index in [0.717, 1.165) is 21.9 Å². The van der Waals surface area contributed by atoms with Gasteiger partial charge in [0.05, 0.1) is 13.0 Å². The summed E-state index contributed by atoms with van der Waals surface area (Å²) in [6.07, 6.45) is -0.610. The maximum absolute atomic E-state index is 12.3. The third kappa shape index (κ3) is 3.94. The molecule has 27 heavy (non-hydrogen) atoms. The summed E-state index contributed by atoms with van der Waals surface area (Å²) < 4.78 is 5.70. The minimum atomic E-state index is -0.881. The molecule has 5 heteroatoms. The molecular weight excluding hydrogens is 358 g/mol. The predicted octanol–water partition coefficient (Wildman–Crippen LogP) is 4.55. The molecule has 0 aliphatic rings. The summed E-state index contributed by atoms with van der Waals surface area (Å²) in [5, 5.41) is 19.2. The lowest BCUT2D eigenvalue weighted by atomic mass is 10.0. The number of carbonyl (C=O) groups is 1. The molecule has 0 aliphatic heterocycles. The standard InChI is InChI=1S/C22H19NO3S/c24-19(21-9-8-20(26-21)17-10-11-27-14-17)13-23-22(25)12-16-6-3-5-15-4-1-2-7-18(15)16/h1-11,14,19,24H,12-13H2,(H,23,25)/t19-/m1/s1. The van der Waals surface area contributed by atoms with Crippen LogP contribution in [-0.2, 0) is 11.2 Å². The number of amides is 1. The highest BCUT2D eigenvalue weighted by Gasteiger charge is 2.15. The average Bonchev–Trinajstić information content (AvgIpc) is 3.38. The maximum atomic E-state index is 12.3. The first kappa shape index (κ1) is 17.5. The molecule has 0 radical (unpaired) electrons. The van der Waals surface area contributed by atoms with Gasteiger partial charge in [-0.05, 0) is 39.9 Å². The Morgan fingerprint density at radius 3 is 2.78 bits per heavy atom. The highest BCUT2D eigenvalue weighted by Crippen LogP contribution is 2.27. The normalized spacial score (nSPS) is 12.2. The first-order valence-electron chi connectivity index (χ1n) is 8.74. The molecule has 0 bridgehead atoms. The lowest BCUT2D eigenvalue weighted by molar-refractivity contribution is -0.120. The van der Waals surface area contributed by atoms with E-state index in [1.54, 1.807) is 17.4 Å². The molecule has 0 spiro atoms. The second kappa shape index (κ2) is 7.78. The summed E-state index contributed by atoms with van der Waals surface area (Å²) in [4.78, 5) is 12.3. The Morgan fingerprint density at radius 2 is 1.93 bits per heavy atom. The smallest absolute Gasteiger partial charge is 0.224 e. The SMILES string of the molecule is O=C(Cc1cccc2ccccc12)NC[C@@H](O)c1ccc(-c2ccsc2)o1. The lowest BCUT2D eigenvalue weighted by Gasteiger charge is -2.11. The zero-order chi connectivity index (χ0) is 18.6. The first-order valence-corrected chi connectivity index (χ1v) is 9.69. The Morgan fingerprint density at radius 1 is 1.07 bits per heavy atom. The monoisotopic (exact) mass is 377 g/mol. The molecule has 1 amide bonds. The van der Waals surface area contributed by atoms with Gasteiger partial charge in [0.1, 0.15) is 17.6 Å². The molecule has 0 fully saturated rings. The van der Waals surface area contributed by atoms with E-state index in [1.165, 1.54) is 0 Å². The van der Waals surface area contributed by atoms with Crippen LogP contribution in [0.4, 0.5) is 0 Å². The Balaban J connectivity index is 1.37. The van der Waals surface area contributed by atoms with E-state index in [-0.39, 0.29) is 18.9 Å². The van der Waals surface area contributed by atoms with Crippen LogP contribution in [0.1, 0.15) is 17.4 Å². The van der Waals surface area contributed by atoms with E-state index in [2.05, 4.69) is 5.32 Å². The second-order valence-corrected chi connectivity index (χ2v) is 7.13. The number of aliphatic hydroxyl groups excluding tert-OH is 1. The predicted molar refractivity (Wildman–Crippen MR) is 108 cm³/mol. The van der Waals surface area contributed by atoms with E-state index in [4.69, 9.17) is 4.42 Å². The number of thiophene rings is 1. The van der Waals surface area contributed by atoms with Gasteiger partial charge in [0.25, 0.3) is 0 Å². The van der Waals surface area contributed by atoms with Crippen LogP contribution in [0.15, 0.2) is 75.8 Å². The van der Waals surface area contributed by atoms with Gasteiger partial charge >= 0.3 is 0 Å². The van der Waals surface area contributed by atoms with Crippen LogP contribution >= 0.6 is 11.3 Å². The Hall–Kier alpha value is -2.89. The van der Waals surface area contributed by atoms with Gasteiger partial charge in [-0.25, -0.2) is 0 Å². The molecular formula is C22H19NO3S. The third-order valence-corrected chi connectivity index (χ3v) is 5.17. The molecule has 136 valence electrons. The molecule has 0 unspecified atom stereocenters. The van der Waals surface area contributed by atoms with Crippen LogP contribution < -0.4 is 5.32 Å².